The number of rotatable bonds is 5. The summed E-state index contributed by atoms with van der Waals surface area (Å²) in [5.41, 5.74) is 5.64. The van der Waals surface area contributed by atoms with E-state index in [1.165, 1.54) is 12.1 Å². The number of nitrogens with one attached hydrogen (secondary N) is 1. The molecule has 20 heavy (non-hydrogen) atoms. The molecule has 0 saturated heterocycles. The molecule has 0 radical (unpaired) electrons. The number of nitrogens with two attached hydrogens (primary N) is 1. The van der Waals surface area contributed by atoms with Gasteiger partial charge < -0.3 is 10.8 Å². The first-order valence-corrected chi connectivity index (χ1v) is 8.11. The third-order valence-corrected chi connectivity index (χ3v) is 4.59. The highest BCUT2D eigenvalue weighted by atomic mass is 35.5. The zero-order chi connectivity index (χ0) is 15.6. The molecule has 1 unspecified atom stereocenters. The molecule has 0 aliphatic carbocycles. The van der Waals surface area contributed by atoms with Crippen LogP contribution in [0, 0.1) is 5.41 Å². The van der Waals surface area contributed by atoms with E-state index in [2.05, 4.69) is 4.72 Å². The number of nitrogen functional groups attached to an aromatic ring is 1. The fraction of sp³-hybridized carbons (Fsp3) is 0.538. The lowest BCUT2D eigenvalue weighted by Gasteiger charge is -2.22. The Hall–Kier alpha value is -0.820. The standard InChI is InChI=1S/C13H21ClN2O3S/c1-13(2,3)7-9(17)8-16-20(18,19)12-10(14)5-4-6-11(12)15/h4-6,9,16-17H,7-8,15H2,1-3H3. The van der Waals surface area contributed by atoms with Gasteiger partial charge in [-0.05, 0) is 24.0 Å². The van der Waals surface area contributed by atoms with Gasteiger partial charge in [0.25, 0.3) is 0 Å². The van der Waals surface area contributed by atoms with Gasteiger partial charge in [0, 0.05) is 6.54 Å². The van der Waals surface area contributed by atoms with E-state index in [9.17, 15) is 13.5 Å². The van der Waals surface area contributed by atoms with Crippen LogP contribution in [0.25, 0.3) is 0 Å². The maximum absolute atomic E-state index is 12.2. The SMILES string of the molecule is CC(C)(C)CC(O)CNS(=O)(=O)c1c(N)cccc1Cl. The molecule has 5 nitrogen and oxygen atoms in total. The van der Waals surface area contributed by atoms with Crippen molar-refractivity contribution in [2.75, 3.05) is 12.3 Å². The van der Waals surface area contributed by atoms with Gasteiger partial charge in [-0.1, -0.05) is 38.4 Å². The second kappa shape index (κ2) is 6.30. The topological polar surface area (TPSA) is 92.4 Å². The van der Waals surface area contributed by atoms with E-state index < -0.39 is 16.1 Å². The lowest BCUT2D eigenvalue weighted by Crippen LogP contribution is -2.34. The molecule has 0 fully saturated rings. The number of benzene rings is 1. The number of hydrogen-bond acceptors (Lipinski definition) is 4. The Morgan fingerprint density at radius 1 is 1.40 bits per heavy atom. The van der Waals surface area contributed by atoms with Crippen molar-refractivity contribution in [2.45, 2.75) is 38.2 Å². The highest BCUT2D eigenvalue weighted by Crippen LogP contribution is 2.27. The molecule has 114 valence electrons. The molecule has 1 aromatic rings. The van der Waals surface area contributed by atoms with Gasteiger partial charge in [-0.3, -0.25) is 0 Å². The highest BCUT2D eigenvalue weighted by molar-refractivity contribution is 7.89. The molecule has 7 heteroatoms. The van der Waals surface area contributed by atoms with Crippen molar-refractivity contribution < 1.29 is 13.5 Å². The normalized spacial score (nSPS) is 14.2. The maximum Gasteiger partial charge on any atom is 0.244 e. The van der Waals surface area contributed by atoms with Crippen molar-refractivity contribution in [2.24, 2.45) is 5.41 Å². The van der Waals surface area contributed by atoms with Gasteiger partial charge in [-0.25, -0.2) is 13.1 Å². The molecule has 0 bridgehead atoms. The molecule has 0 heterocycles. The zero-order valence-electron chi connectivity index (χ0n) is 11.9. The number of aliphatic hydroxyl groups is 1. The Bertz CT molecular complexity index is 547. The first kappa shape index (κ1) is 17.2. The molecule has 0 amide bonds. The number of sulfonamides is 1. The lowest BCUT2D eigenvalue weighted by molar-refractivity contribution is 0.125. The largest absolute Gasteiger partial charge is 0.398 e. The minimum atomic E-state index is -3.84. The number of halogens is 1. The van der Waals surface area contributed by atoms with Gasteiger partial charge in [0.15, 0.2) is 0 Å². The van der Waals surface area contributed by atoms with Gasteiger partial charge in [0.2, 0.25) is 10.0 Å². The van der Waals surface area contributed by atoms with Crippen LogP contribution in [0.3, 0.4) is 0 Å². The minimum absolute atomic E-state index is 0.0582. The summed E-state index contributed by atoms with van der Waals surface area (Å²) in [6.07, 6.45) is -0.290. The summed E-state index contributed by atoms with van der Waals surface area (Å²) in [4.78, 5) is -0.148. The Morgan fingerprint density at radius 3 is 2.50 bits per heavy atom. The molecule has 0 aromatic heterocycles. The van der Waals surface area contributed by atoms with Gasteiger partial charge in [0.05, 0.1) is 16.8 Å². The zero-order valence-corrected chi connectivity index (χ0v) is 13.4. The number of hydrogen-bond donors (Lipinski definition) is 3. The van der Waals surface area contributed by atoms with E-state index in [1.807, 2.05) is 20.8 Å². The quantitative estimate of drug-likeness (QED) is 0.723. The van der Waals surface area contributed by atoms with Gasteiger partial charge in [-0.2, -0.15) is 0 Å². The van der Waals surface area contributed by atoms with Crippen LogP contribution in [0.2, 0.25) is 5.02 Å². The van der Waals surface area contributed by atoms with E-state index in [1.54, 1.807) is 6.07 Å². The molecule has 0 saturated carbocycles. The van der Waals surface area contributed by atoms with E-state index >= 15 is 0 Å². The Balaban J connectivity index is 2.82. The summed E-state index contributed by atoms with van der Waals surface area (Å²) >= 11 is 5.87. The van der Waals surface area contributed by atoms with Crippen LogP contribution in [-0.2, 0) is 10.0 Å². The van der Waals surface area contributed by atoms with E-state index in [0.717, 1.165) is 0 Å². The molecule has 0 spiro atoms. The fourth-order valence-corrected chi connectivity index (χ4v) is 3.61. The Kier molecular flexibility index (Phi) is 5.43. The summed E-state index contributed by atoms with van der Waals surface area (Å²) in [5.74, 6) is 0. The average molecular weight is 321 g/mol. The average Bonchev–Trinajstić information content (AvgIpc) is 2.23. The van der Waals surface area contributed by atoms with Crippen molar-refractivity contribution in [3.05, 3.63) is 23.2 Å². The van der Waals surface area contributed by atoms with Crippen LogP contribution in [0.1, 0.15) is 27.2 Å². The summed E-state index contributed by atoms with van der Waals surface area (Å²) in [5, 5.41) is 9.90. The molecule has 1 atom stereocenters. The molecular formula is C13H21ClN2O3S. The van der Waals surface area contributed by atoms with Crippen molar-refractivity contribution in [1.29, 1.82) is 0 Å². The first-order chi connectivity index (χ1) is 9.03. The second-order valence-corrected chi connectivity index (χ2v) is 8.04. The fourth-order valence-electron chi connectivity index (χ4n) is 1.87. The van der Waals surface area contributed by atoms with Crippen LogP contribution < -0.4 is 10.5 Å². The van der Waals surface area contributed by atoms with Crippen LogP contribution in [0.4, 0.5) is 5.69 Å². The first-order valence-electron chi connectivity index (χ1n) is 6.25. The van der Waals surface area contributed by atoms with Crippen LogP contribution >= 0.6 is 11.6 Å². The third-order valence-electron chi connectivity index (χ3n) is 2.62. The highest BCUT2D eigenvalue weighted by Gasteiger charge is 2.23. The second-order valence-electron chi connectivity index (χ2n) is 5.93. The monoisotopic (exact) mass is 320 g/mol. The smallest absolute Gasteiger partial charge is 0.244 e. The minimum Gasteiger partial charge on any atom is -0.398 e. The number of aliphatic hydroxyl groups excluding tert-OH is 1. The van der Waals surface area contributed by atoms with Crippen LogP contribution in [-0.4, -0.2) is 26.2 Å². The van der Waals surface area contributed by atoms with Crippen molar-refractivity contribution in [3.63, 3.8) is 0 Å². The van der Waals surface area contributed by atoms with Crippen molar-refractivity contribution in [1.82, 2.24) is 4.72 Å². The molecule has 4 N–H and O–H groups in total. The summed E-state index contributed by atoms with van der Waals surface area (Å²) in [6, 6.07) is 4.50. The van der Waals surface area contributed by atoms with Crippen LogP contribution in [0.15, 0.2) is 23.1 Å². The summed E-state index contributed by atoms with van der Waals surface area (Å²) < 4.78 is 26.7. The van der Waals surface area contributed by atoms with Gasteiger partial charge in [-0.15, -0.1) is 0 Å². The molecule has 0 aliphatic heterocycles. The molecular weight excluding hydrogens is 300 g/mol. The van der Waals surface area contributed by atoms with Crippen LogP contribution in [0.5, 0.6) is 0 Å². The van der Waals surface area contributed by atoms with Crippen molar-refractivity contribution >= 4 is 27.3 Å². The maximum atomic E-state index is 12.2. The Morgan fingerprint density at radius 2 is 2.00 bits per heavy atom. The van der Waals surface area contributed by atoms with E-state index in [0.29, 0.717) is 6.42 Å². The summed E-state index contributed by atoms with van der Waals surface area (Å²) in [7, 11) is -3.84. The van der Waals surface area contributed by atoms with E-state index in [-0.39, 0.29) is 27.6 Å². The molecule has 1 aromatic carbocycles. The predicted octanol–water partition coefficient (Wildman–Crippen LogP) is 2.00. The third kappa shape index (κ3) is 4.94. The van der Waals surface area contributed by atoms with E-state index in [4.69, 9.17) is 17.3 Å². The Labute approximate surface area is 125 Å². The van der Waals surface area contributed by atoms with Gasteiger partial charge in [0.1, 0.15) is 4.90 Å². The summed E-state index contributed by atoms with van der Waals surface area (Å²) in [6.45, 7) is 5.83. The van der Waals surface area contributed by atoms with Gasteiger partial charge >= 0.3 is 0 Å². The lowest BCUT2D eigenvalue weighted by atomic mass is 9.89. The molecule has 0 aliphatic rings. The predicted molar refractivity (Wildman–Crippen MR) is 81.1 cm³/mol. The number of anilines is 1. The molecule has 1 rings (SSSR count). The van der Waals surface area contributed by atoms with Crippen molar-refractivity contribution in [3.8, 4) is 0 Å².